The molecule has 4 nitrogen and oxygen atoms in total. The Morgan fingerprint density at radius 1 is 1.26 bits per heavy atom. The first-order valence-electron chi connectivity index (χ1n) is 8.51. The van der Waals surface area contributed by atoms with E-state index in [0.717, 1.165) is 35.3 Å². The van der Waals surface area contributed by atoms with Crippen molar-refractivity contribution in [2.24, 2.45) is 5.92 Å². The van der Waals surface area contributed by atoms with E-state index in [2.05, 4.69) is 19.2 Å². The van der Waals surface area contributed by atoms with Crippen molar-refractivity contribution in [3.8, 4) is 5.75 Å². The van der Waals surface area contributed by atoms with Crippen LogP contribution in [0.3, 0.4) is 0 Å². The Morgan fingerprint density at radius 2 is 2.04 bits per heavy atom. The van der Waals surface area contributed by atoms with E-state index in [0.29, 0.717) is 5.92 Å². The number of rotatable bonds is 5. The monoisotopic (exact) mass is 315 g/mol. The SMILES string of the molecule is CC(C)[C@H](C)NC(=O)COc1ccc2oc3c(c2c1)CCCC3. The van der Waals surface area contributed by atoms with Gasteiger partial charge in [-0.1, -0.05) is 13.8 Å². The van der Waals surface area contributed by atoms with E-state index in [1.165, 1.54) is 18.4 Å². The molecule has 0 fully saturated rings. The third-order valence-corrected chi connectivity index (χ3v) is 4.69. The van der Waals surface area contributed by atoms with E-state index in [1.807, 2.05) is 25.1 Å². The molecule has 1 amide bonds. The Balaban J connectivity index is 1.68. The number of hydrogen-bond donors (Lipinski definition) is 1. The number of ether oxygens (including phenoxy) is 1. The fourth-order valence-electron chi connectivity index (χ4n) is 2.94. The summed E-state index contributed by atoms with van der Waals surface area (Å²) in [5.74, 6) is 2.17. The predicted molar refractivity (Wildman–Crippen MR) is 90.8 cm³/mol. The minimum Gasteiger partial charge on any atom is -0.484 e. The van der Waals surface area contributed by atoms with E-state index in [9.17, 15) is 4.79 Å². The number of amides is 1. The zero-order valence-corrected chi connectivity index (χ0v) is 14.1. The second-order valence-corrected chi connectivity index (χ2v) is 6.76. The number of aryl methyl sites for hydroxylation is 2. The van der Waals surface area contributed by atoms with Gasteiger partial charge in [0.25, 0.3) is 5.91 Å². The summed E-state index contributed by atoms with van der Waals surface area (Å²) in [5, 5.41) is 4.08. The molecule has 1 atom stereocenters. The van der Waals surface area contributed by atoms with Crippen LogP contribution in [-0.2, 0) is 17.6 Å². The van der Waals surface area contributed by atoms with Crippen LogP contribution in [0.4, 0.5) is 0 Å². The quantitative estimate of drug-likeness (QED) is 0.911. The molecule has 124 valence electrons. The van der Waals surface area contributed by atoms with Crippen molar-refractivity contribution in [3.05, 3.63) is 29.5 Å². The molecule has 0 unspecified atom stereocenters. The molecule has 0 radical (unpaired) electrons. The van der Waals surface area contributed by atoms with Gasteiger partial charge in [0.05, 0.1) is 0 Å². The van der Waals surface area contributed by atoms with Crippen molar-refractivity contribution in [1.82, 2.24) is 5.32 Å². The third-order valence-electron chi connectivity index (χ3n) is 4.69. The molecule has 3 rings (SSSR count). The molecular formula is C19H25NO3. The fourth-order valence-corrected chi connectivity index (χ4v) is 2.94. The second kappa shape index (κ2) is 6.65. The molecule has 0 saturated heterocycles. The van der Waals surface area contributed by atoms with Gasteiger partial charge < -0.3 is 14.5 Å². The van der Waals surface area contributed by atoms with Gasteiger partial charge in [-0.25, -0.2) is 0 Å². The van der Waals surface area contributed by atoms with Crippen LogP contribution in [0, 0.1) is 5.92 Å². The Hall–Kier alpha value is -1.97. The average molecular weight is 315 g/mol. The lowest BCUT2D eigenvalue weighted by Gasteiger charge is -2.17. The van der Waals surface area contributed by atoms with Gasteiger partial charge in [0.1, 0.15) is 17.1 Å². The Kier molecular flexibility index (Phi) is 4.60. The molecule has 0 bridgehead atoms. The van der Waals surface area contributed by atoms with Crippen molar-refractivity contribution < 1.29 is 13.9 Å². The van der Waals surface area contributed by atoms with Crippen molar-refractivity contribution in [2.75, 3.05) is 6.61 Å². The highest BCUT2D eigenvalue weighted by atomic mass is 16.5. The Bertz CT molecular complexity index is 702. The molecule has 1 heterocycles. The predicted octanol–water partition coefficient (Wildman–Crippen LogP) is 3.85. The summed E-state index contributed by atoms with van der Waals surface area (Å²) in [6.07, 6.45) is 4.50. The molecule has 1 aliphatic carbocycles. The van der Waals surface area contributed by atoms with Gasteiger partial charge in [0.15, 0.2) is 6.61 Å². The number of furan rings is 1. The molecule has 0 aliphatic heterocycles. The van der Waals surface area contributed by atoms with Crippen LogP contribution in [0.25, 0.3) is 11.0 Å². The van der Waals surface area contributed by atoms with E-state index in [4.69, 9.17) is 9.15 Å². The lowest BCUT2D eigenvalue weighted by molar-refractivity contribution is -0.124. The zero-order chi connectivity index (χ0) is 16.4. The summed E-state index contributed by atoms with van der Waals surface area (Å²) in [7, 11) is 0. The maximum Gasteiger partial charge on any atom is 0.258 e. The molecule has 0 spiro atoms. The third kappa shape index (κ3) is 3.52. The first kappa shape index (κ1) is 15.9. The van der Waals surface area contributed by atoms with E-state index in [-0.39, 0.29) is 18.6 Å². The van der Waals surface area contributed by atoms with Gasteiger partial charge >= 0.3 is 0 Å². The number of carbonyl (C=O) groups is 1. The smallest absolute Gasteiger partial charge is 0.258 e. The second-order valence-electron chi connectivity index (χ2n) is 6.76. The van der Waals surface area contributed by atoms with Crippen LogP contribution < -0.4 is 10.1 Å². The molecule has 1 aromatic heterocycles. The largest absolute Gasteiger partial charge is 0.484 e. The molecular weight excluding hydrogens is 290 g/mol. The summed E-state index contributed by atoms with van der Waals surface area (Å²) in [4.78, 5) is 11.9. The van der Waals surface area contributed by atoms with Crippen LogP contribution in [-0.4, -0.2) is 18.6 Å². The highest BCUT2D eigenvalue weighted by Gasteiger charge is 2.18. The minimum absolute atomic E-state index is 0.0443. The van der Waals surface area contributed by atoms with E-state index in [1.54, 1.807) is 0 Å². The topological polar surface area (TPSA) is 51.5 Å². The van der Waals surface area contributed by atoms with Crippen LogP contribution in [0.1, 0.15) is 44.9 Å². The van der Waals surface area contributed by atoms with Crippen LogP contribution in [0.5, 0.6) is 5.75 Å². The molecule has 1 N–H and O–H groups in total. The highest BCUT2D eigenvalue weighted by molar-refractivity contribution is 5.84. The average Bonchev–Trinajstić information content (AvgIpc) is 2.90. The first-order valence-corrected chi connectivity index (χ1v) is 8.51. The number of carbonyl (C=O) groups excluding carboxylic acids is 1. The molecule has 1 aromatic carbocycles. The summed E-state index contributed by atoms with van der Waals surface area (Å²) in [5.41, 5.74) is 2.23. The normalized spacial score (nSPS) is 15.5. The van der Waals surface area contributed by atoms with Gasteiger partial charge in [-0.3, -0.25) is 4.79 Å². The van der Waals surface area contributed by atoms with Gasteiger partial charge in [-0.15, -0.1) is 0 Å². The highest BCUT2D eigenvalue weighted by Crippen LogP contribution is 2.33. The number of benzene rings is 1. The summed E-state index contributed by atoms with van der Waals surface area (Å²) in [6, 6.07) is 5.96. The molecule has 1 aliphatic rings. The van der Waals surface area contributed by atoms with Gasteiger partial charge in [0, 0.05) is 23.4 Å². The van der Waals surface area contributed by atoms with Gasteiger partial charge in [0.2, 0.25) is 0 Å². The first-order chi connectivity index (χ1) is 11.0. The maximum absolute atomic E-state index is 11.9. The Morgan fingerprint density at radius 3 is 2.83 bits per heavy atom. The standard InChI is InChI=1S/C19H25NO3/c1-12(2)13(3)20-19(21)11-22-14-8-9-18-16(10-14)15-6-4-5-7-17(15)23-18/h8-10,12-13H,4-7,11H2,1-3H3,(H,20,21)/t13-/m0/s1. The Labute approximate surface area is 137 Å². The summed E-state index contributed by atoms with van der Waals surface area (Å²) >= 11 is 0. The van der Waals surface area contributed by atoms with Crippen LogP contribution >= 0.6 is 0 Å². The fraction of sp³-hybridized carbons (Fsp3) is 0.526. The minimum atomic E-state index is -0.0829. The van der Waals surface area contributed by atoms with Gasteiger partial charge in [-0.2, -0.15) is 0 Å². The van der Waals surface area contributed by atoms with Crippen molar-refractivity contribution >= 4 is 16.9 Å². The maximum atomic E-state index is 11.9. The lowest BCUT2D eigenvalue weighted by atomic mass is 9.96. The zero-order valence-electron chi connectivity index (χ0n) is 14.1. The van der Waals surface area contributed by atoms with Crippen molar-refractivity contribution in [2.45, 2.75) is 52.5 Å². The molecule has 2 aromatic rings. The molecule has 23 heavy (non-hydrogen) atoms. The van der Waals surface area contributed by atoms with E-state index >= 15 is 0 Å². The van der Waals surface area contributed by atoms with Crippen molar-refractivity contribution in [3.63, 3.8) is 0 Å². The van der Waals surface area contributed by atoms with E-state index < -0.39 is 0 Å². The van der Waals surface area contributed by atoms with Crippen LogP contribution in [0.2, 0.25) is 0 Å². The number of nitrogens with one attached hydrogen (secondary N) is 1. The van der Waals surface area contributed by atoms with Crippen LogP contribution in [0.15, 0.2) is 22.6 Å². The number of hydrogen-bond acceptors (Lipinski definition) is 3. The summed E-state index contributed by atoms with van der Waals surface area (Å²) in [6.45, 7) is 6.22. The van der Waals surface area contributed by atoms with Gasteiger partial charge in [-0.05, 0) is 50.3 Å². The molecule has 4 heteroatoms. The number of fused-ring (bicyclic) bond motifs is 3. The summed E-state index contributed by atoms with van der Waals surface area (Å²) < 4.78 is 11.6. The molecule has 0 saturated carbocycles. The lowest BCUT2D eigenvalue weighted by Crippen LogP contribution is -2.38. The van der Waals surface area contributed by atoms with Crippen molar-refractivity contribution in [1.29, 1.82) is 0 Å².